The topological polar surface area (TPSA) is 142 Å². The third-order valence-corrected chi connectivity index (χ3v) is 6.42. The van der Waals surface area contributed by atoms with Gasteiger partial charge in [-0.05, 0) is 84.0 Å². The molecule has 2 aromatic rings. The van der Waals surface area contributed by atoms with Crippen LogP contribution in [-0.2, 0) is 19.0 Å². The van der Waals surface area contributed by atoms with Gasteiger partial charge in [-0.15, -0.1) is 0 Å². The molecule has 2 aromatic carbocycles. The van der Waals surface area contributed by atoms with Gasteiger partial charge in [0, 0.05) is 41.6 Å². The molecule has 234 valence electrons. The van der Waals surface area contributed by atoms with Gasteiger partial charge in [-0.25, -0.2) is 4.79 Å². The molecule has 0 saturated carbocycles. The number of anilines is 2. The number of morpholine rings is 1. The molecule has 0 bridgehead atoms. The predicted molar refractivity (Wildman–Crippen MR) is 167 cm³/mol. The van der Waals surface area contributed by atoms with E-state index >= 15 is 0 Å². The highest BCUT2D eigenvalue weighted by molar-refractivity contribution is 6.31. The van der Waals surface area contributed by atoms with E-state index in [1.165, 1.54) is 0 Å². The molecule has 1 aliphatic rings. The summed E-state index contributed by atoms with van der Waals surface area (Å²) in [5, 5.41) is 17.1. The van der Waals surface area contributed by atoms with Gasteiger partial charge in [0.25, 0.3) is 5.91 Å². The lowest BCUT2D eigenvalue weighted by atomic mass is 10.1. The van der Waals surface area contributed by atoms with E-state index in [4.69, 9.17) is 31.2 Å². The zero-order valence-corrected chi connectivity index (χ0v) is 26.4. The van der Waals surface area contributed by atoms with Crippen molar-refractivity contribution in [2.24, 2.45) is 0 Å². The summed E-state index contributed by atoms with van der Waals surface area (Å²) in [7, 11) is 0. The van der Waals surface area contributed by atoms with Crippen LogP contribution in [0.1, 0.15) is 63.9 Å². The minimum absolute atomic E-state index is 0.0140. The quantitative estimate of drug-likeness (QED) is 0.169. The van der Waals surface area contributed by atoms with Crippen LogP contribution in [0.5, 0.6) is 0 Å². The maximum absolute atomic E-state index is 13.3. The van der Waals surface area contributed by atoms with Crippen LogP contribution in [0.25, 0.3) is 0 Å². The van der Waals surface area contributed by atoms with Crippen LogP contribution in [0.2, 0.25) is 5.02 Å². The number of halogens is 1. The van der Waals surface area contributed by atoms with Gasteiger partial charge < -0.3 is 24.8 Å². The Morgan fingerprint density at radius 1 is 1.02 bits per heavy atom. The van der Waals surface area contributed by atoms with Crippen LogP contribution in [-0.4, -0.2) is 78.8 Å². The Morgan fingerprint density at radius 2 is 1.70 bits per heavy atom. The van der Waals surface area contributed by atoms with Crippen LogP contribution >= 0.6 is 11.6 Å². The Kier molecular flexibility index (Phi) is 11.5. The largest absolute Gasteiger partial charge is 0.460 e. The number of ether oxygens (including phenoxy) is 3. The standard InChI is InChI=1S/C31H42ClN5O6/c1-30(2,3)42-26(38)13-14-37-15-16-41-19-23(37)18-34-25-12-9-21(32)17-24(25)28(39)35-22-10-7-20(8-11-22)27(33)36-29(40)43-31(4,5)6/h7-12,17,23,34H,13-16,18-19H2,1-6H3,(H,35,39)(H2,33,36,40). The second-order valence-electron chi connectivity index (χ2n) is 12.2. The van der Waals surface area contributed by atoms with Gasteiger partial charge >= 0.3 is 12.1 Å². The highest BCUT2D eigenvalue weighted by Crippen LogP contribution is 2.23. The van der Waals surface area contributed by atoms with Crippen LogP contribution in [0, 0.1) is 5.41 Å². The summed E-state index contributed by atoms with van der Waals surface area (Å²) in [5.41, 5.74) is 0.683. The molecule has 1 unspecified atom stereocenters. The van der Waals surface area contributed by atoms with E-state index in [0.717, 1.165) is 0 Å². The molecular formula is C31H42ClN5O6. The molecular weight excluding hydrogens is 574 g/mol. The number of hydrogen-bond donors (Lipinski definition) is 4. The van der Waals surface area contributed by atoms with E-state index in [1.54, 1.807) is 63.2 Å². The Balaban J connectivity index is 1.61. The van der Waals surface area contributed by atoms with Gasteiger partial charge in [-0.3, -0.25) is 25.2 Å². The molecule has 1 saturated heterocycles. The van der Waals surface area contributed by atoms with E-state index in [2.05, 4.69) is 20.9 Å². The summed E-state index contributed by atoms with van der Waals surface area (Å²) in [6.07, 6.45) is -0.445. The minimum atomic E-state index is -0.721. The fourth-order valence-corrected chi connectivity index (χ4v) is 4.45. The molecule has 1 fully saturated rings. The Bertz CT molecular complexity index is 1300. The Hall–Kier alpha value is -3.67. The van der Waals surface area contributed by atoms with Crippen molar-refractivity contribution in [3.05, 3.63) is 58.6 Å². The molecule has 11 nitrogen and oxygen atoms in total. The number of alkyl carbamates (subject to hydrolysis) is 1. The summed E-state index contributed by atoms with van der Waals surface area (Å²) >= 11 is 6.24. The molecule has 0 aromatic heterocycles. The van der Waals surface area contributed by atoms with Crippen molar-refractivity contribution in [1.29, 1.82) is 5.41 Å². The molecule has 3 rings (SSSR count). The van der Waals surface area contributed by atoms with Crippen molar-refractivity contribution in [3.63, 3.8) is 0 Å². The normalized spacial score (nSPS) is 15.7. The van der Waals surface area contributed by atoms with Gasteiger partial charge in [-0.2, -0.15) is 0 Å². The van der Waals surface area contributed by atoms with Crippen molar-refractivity contribution in [1.82, 2.24) is 10.2 Å². The number of esters is 1. The van der Waals surface area contributed by atoms with E-state index in [-0.39, 0.29) is 30.2 Å². The fraction of sp³-hybridized carbons (Fsp3) is 0.484. The van der Waals surface area contributed by atoms with E-state index in [1.807, 2.05) is 20.8 Å². The molecule has 2 amide bonds. The predicted octanol–water partition coefficient (Wildman–Crippen LogP) is 5.29. The minimum Gasteiger partial charge on any atom is -0.460 e. The smallest absolute Gasteiger partial charge is 0.413 e. The number of nitrogens with zero attached hydrogens (tertiary/aromatic N) is 1. The maximum Gasteiger partial charge on any atom is 0.413 e. The van der Waals surface area contributed by atoms with Gasteiger partial charge in [0.15, 0.2) is 0 Å². The molecule has 1 heterocycles. The molecule has 1 atom stereocenters. The molecule has 12 heteroatoms. The lowest BCUT2D eigenvalue weighted by Crippen LogP contribution is -2.49. The summed E-state index contributed by atoms with van der Waals surface area (Å²) in [4.78, 5) is 39.7. The number of hydrogen-bond acceptors (Lipinski definition) is 9. The fourth-order valence-electron chi connectivity index (χ4n) is 4.28. The molecule has 1 aliphatic heterocycles. The van der Waals surface area contributed by atoms with E-state index in [9.17, 15) is 14.4 Å². The Morgan fingerprint density at radius 3 is 2.35 bits per heavy atom. The number of amides is 2. The third kappa shape index (κ3) is 11.5. The first kappa shape index (κ1) is 33.8. The molecule has 43 heavy (non-hydrogen) atoms. The summed E-state index contributed by atoms with van der Waals surface area (Å²) in [6, 6.07) is 11.5. The summed E-state index contributed by atoms with van der Waals surface area (Å²) in [5.74, 6) is -0.742. The Labute approximate surface area is 258 Å². The average Bonchev–Trinajstić information content (AvgIpc) is 2.90. The van der Waals surface area contributed by atoms with Crippen LogP contribution in [0.3, 0.4) is 0 Å². The van der Waals surface area contributed by atoms with E-state index < -0.39 is 17.3 Å². The summed E-state index contributed by atoms with van der Waals surface area (Å²) in [6.45, 7) is 13.5. The van der Waals surface area contributed by atoms with Crippen molar-refractivity contribution in [3.8, 4) is 0 Å². The second kappa shape index (κ2) is 14.7. The van der Waals surface area contributed by atoms with Crippen LogP contribution in [0.15, 0.2) is 42.5 Å². The monoisotopic (exact) mass is 615 g/mol. The van der Waals surface area contributed by atoms with Crippen molar-refractivity contribution in [2.45, 2.75) is 65.2 Å². The number of carbonyl (C=O) groups excluding carboxylic acids is 3. The van der Waals surface area contributed by atoms with Crippen molar-refractivity contribution < 1.29 is 28.6 Å². The van der Waals surface area contributed by atoms with Gasteiger partial charge in [0.05, 0.1) is 31.2 Å². The number of carbonyl (C=O) groups is 3. The maximum atomic E-state index is 13.3. The molecule has 0 aliphatic carbocycles. The zero-order valence-electron chi connectivity index (χ0n) is 25.6. The third-order valence-electron chi connectivity index (χ3n) is 6.18. The summed E-state index contributed by atoms with van der Waals surface area (Å²) < 4.78 is 16.3. The van der Waals surface area contributed by atoms with Gasteiger partial charge in [-0.1, -0.05) is 11.6 Å². The number of benzene rings is 2. The molecule has 0 radical (unpaired) electrons. The van der Waals surface area contributed by atoms with Crippen molar-refractivity contribution in [2.75, 3.05) is 43.5 Å². The first-order valence-corrected chi connectivity index (χ1v) is 14.5. The first-order valence-electron chi connectivity index (χ1n) is 14.2. The first-order chi connectivity index (χ1) is 20.1. The number of rotatable bonds is 9. The van der Waals surface area contributed by atoms with Gasteiger partial charge in [0.1, 0.15) is 17.0 Å². The lowest BCUT2D eigenvalue weighted by molar-refractivity contribution is -0.155. The average molecular weight is 616 g/mol. The van der Waals surface area contributed by atoms with Crippen molar-refractivity contribution >= 4 is 46.8 Å². The van der Waals surface area contributed by atoms with Crippen LogP contribution in [0.4, 0.5) is 16.2 Å². The molecule has 4 N–H and O–H groups in total. The second-order valence-corrected chi connectivity index (χ2v) is 12.6. The highest BCUT2D eigenvalue weighted by atomic mass is 35.5. The van der Waals surface area contributed by atoms with Gasteiger partial charge in [0.2, 0.25) is 0 Å². The highest BCUT2D eigenvalue weighted by Gasteiger charge is 2.25. The van der Waals surface area contributed by atoms with Crippen LogP contribution < -0.4 is 16.0 Å². The SMILES string of the molecule is CC(C)(C)OC(=O)CCN1CCOCC1CNc1ccc(Cl)cc1C(=O)Nc1ccc(C(=N)NC(=O)OC(C)(C)C)cc1. The van der Waals surface area contributed by atoms with E-state index in [0.29, 0.717) is 60.4 Å². The molecule has 0 spiro atoms. The number of nitrogens with one attached hydrogen (secondary N) is 4. The zero-order chi connectivity index (χ0) is 31.8. The lowest BCUT2D eigenvalue weighted by Gasteiger charge is -2.36. The number of amidine groups is 1.